The molecule has 0 radical (unpaired) electrons. The molecule has 1 N–H and O–H groups in total. The van der Waals surface area contributed by atoms with E-state index in [0.29, 0.717) is 31.6 Å². The van der Waals surface area contributed by atoms with Gasteiger partial charge in [-0.2, -0.15) is 5.10 Å². The molecule has 6 nitrogen and oxygen atoms in total. The van der Waals surface area contributed by atoms with Crippen LogP contribution in [0.25, 0.3) is 10.8 Å². The maximum Gasteiger partial charge on any atom is 0.264 e. The summed E-state index contributed by atoms with van der Waals surface area (Å²) in [6, 6.07) is 13.4. The number of benzene rings is 2. The first-order valence-corrected chi connectivity index (χ1v) is 11.0. The number of nitrogens with one attached hydrogen (secondary N) is 1. The van der Waals surface area contributed by atoms with E-state index in [-0.39, 0.29) is 23.2 Å². The lowest BCUT2D eigenvalue weighted by Crippen LogP contribution is -2.42. The van der Waals surface area contributed by atoms with Crippen molar-refractivity contribution in [3.63, 3.8) is 0 Å². The van der Waals surface area contributed by atoms with E-state index in [2.05, 4.69) is 28.4 Å². The number of Topliss-reactive ketones (excluding diaryl/α,β-unsaturated/α-hetero) is 1. The summed E-state index contributed by atoms with van der Waals surface area (Å²) in [5.74, 6) is 0.0173. The summed E-state index contributed by atoms with van der Waals surface area (Å²) in [4.78, 5) is 39.2. The summed E-state index contributed by atoms with van der Waals surface area (Å²) in [7, 11) is 0. The van der Waals surface area contributed by atoms with Crippen molar-refractivity contribution in [1.82, 2.24) is 15.1 Å². The number of rotatable bonds is 5. The van der Waals surface area contributed by atoms with Crippen LogP contribution in [0.2, 0.25) is 0 Å². The Bertz CT molecular complexity index is 1200. The molecular weight excluding hydrogens is 390 g/mol. The van der Waals surface area contributed by atoms with Crippen LogP contribution in [0.1, 0.15) is 46.4 Å². The molecule has 0 unspecified atom stereocenters. The van der Waals surface area contributed by atoms with Gasteiger partial charge in [0.1, 0.15) is 0 Å². The van der Waals surface area contributed by atoms with Gasteiger partial charge >= 0.3 is 0 Å². The molecule has 0 bridgehead atoms. The molecule has 1 aromatic heterocycles. The molecule has 2 heterocycles. The van der Waals surface area contributed by atoms with Gasteiger partial charge in [0.15, 0.2) is 5.78 Å². The summed E-state index contributed by atoms with van der Waals surface area (Å²) in [6.45, 7) is 1.16. The number of nitrogens with zero attached hydrogens (tertiary/aromatic N) is 2. The fourth-order valence-corrected chi connectivity index (χ4v) is 5.00. The van der Waals surface area contributed by atoms with Gasteiger partial charge in [-0.05, 0) is 53.6 Å². The number of ketones is 1. The Kier molecular flexibility index (Phi) is 5.14. The predicted molar refractivity (Wildman–Crippen MR) is 118 cm³/mol. The number of hydrogen-bond acceptors (Lipinski definition) is 4. The van der Waals surface area contributed by atoms with Gasteiger partial charge in [0.05, 0.1) is 5.69 Å². The van der Waals surface area contributed by atoms with Gasteiger partial charge in [-0.25, -0.2) is 5.10 Å². The number of aromatic amines is 1. The number of hydrogen-bond donors (Lipinski definition) is 1. The van der Waals surface area contributed by atoms with Crippen LogP contribution in [0, 0.1) is 5.92 Å². The summed E-state index contributed by atoms with van der Waals surface area (Å²) in [5.41, 5.74) is 3.89. The molecule has 1 aliphatic carbocycles. The van der Waals surface area contributed by atoms with Crippen molar-refractivity contribution in [2.24, 2.45) is 5.92 Å². The third-order valence-electron chi connectivity index (χ3n) is 6.62. The van der Waals surface area contributed by atoms with Crippen LogP contribution in [0.5, 0.6) is 0 Å². The summed E-state index contributed by atoms with van der Waals surface area (Å²) < 4.78 is 0. The van der Waals surface area contributed by atoms with Crippen LogP contribution in [0.3, 0.4) is 0 Å². The van der Waals surface area contributed by atoms with E-state index in [9.17, 15) is 14.4 Å². The van der Waals surface area contributed by atoms with Gasteiger partial charge in [0.25, 0.3) is 5.56 Å². The first-order valence-electron chi connectivity index (χ1n) is 11.0. The van der Waals surface area contributed by atoms with Crippen LogP contribution in [-0.4, -0.2) is 39.9 Å². The van der Waals surface area contributed by atoms with Crippen LogP contribution in [0.4, 0.5) is 0 Å². The number of amides is 1. The van der Waals surface area contributed by atoms with Gasteiger partial charge in [-0.1, -0.05) is 30.3 Å². The van der Waals surface area contributed by atoms with Crippen LogP contribution in [-0.2, 0) is 24.1 Å². The Morgan fingerprint density at radius 3 is 2.71 bits per heavy atom. The third kappa shape index (κ3) is 3.78. The molecule has 1 saturated heterocycles. The lowest BCUT2D eigenvalue weighted by molar-refractivity contribution is -0.132. The average molecular weight is 415 g/mol. The summed E-state index contributed by atoms with van der Waals surface area (Å²) in [5, 5.41) is 8.67. The Labute approximate surface area is 180 Å². The van der Waals surface area contributed by atoms with E-state index in [4.69, 9.17) is 0 Å². The minimum Gasteiger partial charge on any atom is -0.342 e. The molecule has 1 fully saturated rings. The second-order valence-corrected chi connectivity index (χ2v) is 8.57. The molecule has 0 saturated carbocycles. The van der Waals surface area contributed by atoms with Crippen molar-refractivity contribution in [1.29, 1.82) is 0 Å². The van der Waals surface area contributed by atoms with Crippen molar-refractivity contribution in [3.8, 4) is 0 Å². The van der Waals surface area contributed by atoms with E-state index >= 15 is 0 Å². The third-order valence-corrected chi connectivity index (χ3v) is 6.62. The van der Waals surface area contributed by atoms with Gasteiger partial charge in [0, 0.05) is 43.5 Å². The molecular formula is C25H25N3O3. The number of aromatic nitrogens is 2. The number of carbonyl (C=O) groups excluding carboxylic acids is 2. The fraction of sp³-hybridized carbons (Fsp3) is 0.360. The normalized spacial score (nSPS) is 17.8. The molecule has 2 aliphatic rings. The number of piperidine rings is 1. The second-order valence-electron chi connectivity index (χ2n) is 8.57. The monoisotopic (exact) mass is 415 g/mol. The van der Waals surface area contributed by atoms with Gasteiger partial charge in [0.2, 0.25) is 5.91 Å². The molecule has 158 valence electrons. The lowest BCUT2D eigenvalue weighted by Gasteiger charge is -2.32. The highest BCUT2D eigenvalue weighted by molar-refractivity contribution is 6.11. The quantitative estimate of drug-likeness (QED) is 0.649. The van der Waals surface area contributed by atoms with E-state index in [1.807, 2.05) is 17.0 Å². The van der Waals surface area contributed by atoms with Crippen molar-refractivity contribution in [3.05, 3.63) is 75.2 Å². The molecule has 0 spiro atoms. The first kappa shape index (κ1) is 19.7. The molecule has 31 heavy (non-hydrogen) atoms. The largest absolute Gasteiger partial charge is 0.342 e. The minimum atomic E-state index is -0.254. The average Bonchev–Trinajstić information content (AvgIpc) is 3.23. The van der Waals surface area contributed by atoms with Crippen LogP contribution in [0.15, 0.2) is 47.3 Å². The zero-order chi connectivity index (χ0) is 21.4. The maximum absolute atomic E-state index is 13.5. The van der Waals surface area contributed by atoms with E-state index in [0.717, 1.165) is 36.6 Å². The zero-order valence-corrected chi connectivity index (χ0v) is 17.4. The molecule has 6 heteroatoms. The number of likely N-dealkylation sites (tertiary alicyclic amines) is 1. The first-order chi connectivity index (χ1) is 15.1. The Hall–Kier alpha value is -3.28. The molecule has 2 aromatic carbocycles. The summed E-state index contributed by atoms with van der Waals surface area (Å²) >= 11 is 0. The number of H-pyrrole nitrogens is 1. The van der Waals surface area contributed by atoms with E-state index in [1.54, 1.807) is 6.07 Å². The van der Waals surface area contributed by atoms with Gasteiger partial charge in [-0.15, -0.1) is 0 Å². The summed E-state index contributed by atoms with van der Waals surface area (Å²) in [6.07, 6.45) is 4.52. The van der Waals surface area contributed by atoms with Crippen molar-refractivity contribution in [2.75, 3.05) is 13.1 Å². The zero-order valence-electron chi connectivity index (χ0n) is 17.4. The topological polar surface area (TPSA) is 83.1 Å². The van der Waals surface area contributed by atoms with Crippen LogP contribution < -0.4 is 5.56 Å². The van der Waals surface area contributed by atoms with Crippen molar-refractivity contribution in [2.45, 2.75) is 38.5 Å². The number of aryl methyl sites for hydroxylation is 3. The fourth-order valence-electron chi connectivity index (χ4n) is 5.00. The smallest absolute Gasteiger partial charge is 0.264 e. The molecule has 5 rings (SSSR count). The van der Waals surface area contributed by atoms with Gasteiger partial charge in [-0.3, -0.25) is 14.4 Å². The Morgan fingerprint density at radius 1 is 1.06 bits per heavy atom. The Balaban J connectivity index is 1.30. The highest BCUT2D eigenvalue weighted by atomic mass is 16.2. The highest BCUT2D eigenvalue weighted by Gasteiger charge is 2.30. The lowest BCUT2D eigenvalue weighted by atomic mass is 9.87. The van der Waals surface area contributed by atoms with Crippen molar-refractivity contribution >= 4 is 22.5 Å². The SMILES string of the molecule is O=C(c1ccc2c3c(cccc13)CC2)[C@H]1CCCN(C(=O)CCc2ccc(=O)[nH]n2)C1. The van der Waals surface area contributed by atoms with E-state index < -0.39 is 0 Å². The standard InChI is InChI=1S/C25H25N3O3/c29-22-12-9-19(26-27-22)10-13-23(30)28-14-2-4-18(15-28)25(31)21-11-8-17-7-6-16-3-1-5-20(21)24(16)17/h1,3,5,8-9,11-12,18H,2,4,6-7,10,13-15H2,(H,27,29)/t18-/m0/s1. The second kappa shape index (κ2) is 8.10. The molecule has 1 atom stereocenters. The highest BCUT2D eigenvalue weighted by Crippen LogP contribution is 2.34. The van der Waals surface area contributed by atoms with Gasteiger partial charge < -0.3 is 4.90 Å². The minimum absolute atomic E-state index is 0.0332. The molecule has 1 aliphatic heterocycles. The predicted octanol–water partition coefficient (Wildman–Crippen LogP) is 3.08. The number of carbonyl (C=O) groups is 2. The van der Waals surface area contributed by atoms with Crippen molar-refractivity contribution < 1.29 is 9.59 Å². The van der Waals surface area contributed by atoms with E-state index in [1.165, 1.54) is 22.6 Å². The van der Waals surface area contributed by atoms with Crippen LogP contribution >= 0.6 is 0 Å². The molecule has 3 aromatic rings. The maximum atomic E-state index is 13.5. The Morgan fingerprint density at radius 2 is 1.90 bits per heavy atom. The molecule has 1 amide bonds.